The second-order valence-corrected chi connectivity index (χ2v) is 6.50. The molecule has 0 saturated carbocycles. The van der Waals surface area contributed by atoms with Gasteiger partial charge in [0.25, 0.3) is 0 Å². The van der Waals surface area contributed by atoms with Crippen molar-refractivity contribution in [2.45, 2.75) is 30.4 Å². The van der Waals surface area contributed by atoms with Gasteiger partial charge in [0.2, 0.25) is 10.0 Å². The Morgan fingerprint density at radius 1 is 1.60 bits per heavy atom. The molecule has 1 aliphatic heterocycles. The first-order valence-corrected chi connectivity index (χ1v) is 7.70. The number of aliphatic hydroxyl groups is 1. The van der Waals surface area contributed by atoms with Crippen LogP contribution < -0.4 is 4.72 Å². The molecule has 1 aliphatic rings. The zero-order chi connectivity index (χ0) is 14.8. The lowest BCUT2D eigenvalue weighted by Gasteiger charge is -2.25. The van der Waals surface area contributed by atoms with Crippen molar-refractivity contribution in [3.05, 3.63) is 11.4 Å². The van der Waals surface area contributed by atoms with Crippen molar-refractivity contribution in [2.24, 2.45) is 0 Å². The first-order chi connectivity index (χ1) is 9.44. The van der Waals surface area contributed by atoms with Crippen LogP contribution in [0.1, 0.15) is 17.8 Å². The Hall–Kier alpha value is -1.00. The summed E-state index contributed by atoms with van der Waals surface area (Å²) in [5, 5.41) is 15.5. The highest BCUT2D eigenvalue weighted by molar-refractivity contribution is 7.89. The number of aromatic nitrogens is 2. The summed E-state index contributed by atoms with van der Waals surface area (Å²) in [6.45, 7) is 2.15. The number of aromatic amines is 1. The number of aliphatic hydroxyl groups excluding tert-OH is 1. The van der Waals surface area contributed by atoms with Crippen LogP contribution in [0.3, 0.4) is 0 Å². The van der Waals surface area contributed by atoms with Crippen molar-refractivity contribution in [1.29, 1.82) is 0 Å². The van der Waals surface area contributed by atoms with Crippen LogP contribution in [0.5, 0.6) is 0 Å². The van der Waals surface area contributed by atoms with Crippen LogP contribution in [-0.4, -0.2) is 56.2 Å². The molecule has 1 atom stereocenters. The van der Waals surface area contributed by atoms with E-state index in [1.807, 2.05) is 0 Å². The molecule has 2 heterocycles. The monoisotopic (exact) mass is 305 g/mol. The van der Waals surface area contributed by atoms with Crippen molar-refractivity contribution in [1.82, 2.24) is 14.9 Å². The molecular formula is C11H19N3O5S. The van der Waals surface area contributed by atoms with E-state index in [2.05, 4.69) is 14.9 Å². The minimum absolute atomic E-state index is 0.00910. The molecule has 9 heteroatoms. The summed E-state index contributed by atoms with van der Waals surface area (Å²) in [6.07, 6.45) is 0.628. The van der Waals surface area contributed by atoms with Crippen molar-refractivity contribution in [3.8, 4) is 0 Å². The third kappa shape index (κ3) is 2.86. The van der Waals surface area contributed by atoms with Crippen LogP contribution in [0.4, 0.5) is 0 Å². The number of hydrogen-bond acceptors (Lipinski definition) is 6. The summed E-state index contributed by atoms with van der Waals surface area (Å²) >= 11 is 0. The van der Waals surface area contributed by atoms with E-state index in [-0.39, 0.29) is 17.1 Å². The Kier molecular flexibility index (Phi) is 4.45. The molecule has 0 aromatic carbocycles. The molecule has 1 aromatic rings. The molecule has 0 bridgehead atoms. The summed E-state index contributed by atoms with van der Waals surface area (Å²) in [5.41, 5.74) is -0.149. The lowest BCUT2D eigenvalue weighted by Crippen LogP contribution is -2.45. The van der Waals surface area contributed by atoms with E-state index >= 15 is 0 Å². The number of methoxy groups -OCH3 is 1. The fraction of sp³-hybridized carbons (Fsp3) is 0.727. The van der Waals surface area contributed by atoms with Gasteiger partial charge in [-0.15, -0.1) is 0 Å². The number of aryl methyl sites for hydroxylation is 1. The molecule has 0 spiro atoms. The topological polar surface area (TPSA) is 114 Å². The number of rotatable bonds is 6. The number of nitrogens with zero attached hydrogens (tertiary/aromatic N) is 1. The maximum absolute atomic E-state index is 12.3. The second-order valence-electron chi connectivity index (χ2n) is 4.80. The van der Waals surface area contributed by atoms with Gasteiger partial charge in [-0.1, -0.05) is 0 Å². The van der Waals surface area contributed by atoms with Gasteiger partial charge >= 0.3 is 0 Å². The Morgan fingerprint density at radius 3 is 2.90 bits per heavy atom. The molecule has 1 aromatic heterocycles. The molecule has 0 amide bonds. The van der Waals surface area contributed by atoms with Gasteiger partial charge in [-0.3, -0.25) is 5.10 Å². The Bertz CT molecular complexity index is 563. The summed E-state index contributed by atoms with van der Waals surface area (Å²) in [7, 11) is -2.23. The van der Waals surface area contributed by atoms with Crippen molar-refractivity contribution in [3.63, 3.8) is 0 Å². The van der Waals surface area contributed by atoms with Gasteiger partial charge in [0, 0.05) is 26.7 Å². The van der Waals surface area contributed by atoms with Gasteiger partial charge in [0.05, 0.1) is 18.9 Å². The summed E-state index contributed by atoms with van der Waals surface area (Å²) in [5.74, 6) is 0. The maximum atomic E-state index is 12.3. The average Bonchev–Trinajstić information content (AvgIpc) is 3.04. The third-order valence-electron chi connectivity index (χ3n) is 3.46. The van der Waals surface area contributed by atoms with E-state index in [1.54, 1.807) is 6.92 Å². The fourth-order valence-corrected chi connectivity index (χ4v) is 3.66. The lowest BCUT2D eigenvalue weighted by molar-refractivity contribution is -0.0120. The van der Waals surface area contributed by atoms with Crippen LogP contribution >= 0.6 is 0 Å². The normalized spacial score (nSPS) is 23.4. The zero-order valence-electron chi connectivity index (χ0n) is 11.5. The van der Waals surface area contributed by atoms with Crippen LogP contribution in [0.2, 0.25) is 0 Å². The zero-order valence-corrected chi connectivity index (χ0v) is 12.3. The minimum Gasteiger partial charge on any atom is -0.390 e. The number of sulfonamides is 1. The van der Waals surface area contributed by atoms with Crippen LogP contribution in [-0.2, 0) is 26.1 Å². The minimum atomic E-state index is -3.77. The first kappa shape index (κ1) is 15.4. The van der Waals surface area contributed by atoms with E-state index in [0.717, 1.165) is 0 Å². The predicted octanol–water partition coefficient (Wildman–Crippen LogP) is -0.706. The molecule has 1 fully saturated rings. The molecule has 20 heavy (non-hydrogen) atoms. The first-order valence-electron chi connectivity index (χ1n) is 6.21. The fourth-order valence-electron chi connectivity index (χ4n) is 2.19. The molecule has 3 N–H and O–H groups in total. The van der Waals surface area contributed by atoms with E-state index in [1.165, 1.54) is 7.11 Å². The highest BCUT2D eigenvalue weighted by Crippen LogP contribution is 2.23. The molecule has 2 rings (SSSR count). The highest BCUT2D eigenvalue weighted by atomic mass is 32.2. The highest BCUT2D eigenvalue weighted by Gasteiger charge is 2.37. The Labute approximate surface area is 117 Å². The van der Waals surface area contributed by atoms with Gasteiger partial charge in [0.15, 0.2) is 0 Å². The molecule has 8 nitrogen and oxygen atoms in total. The largest absolute Gasteiger partial charge is 0.390 e. The molecule has 1 unspecified atom stereocenters. The van der Waals surface area contributed by atoms with Crippen LogP contribution in [0.25, 0.3) is 0 Å². The van der Waals surface area contributed by atoms with Crippen molar-refractivity contribution >= 4 is 10.0 Å². The predicted molar refractivity (Wildman–Crippen MR) is 69.6 cm³/mol. The smallest absolute Gasteiger partial charge is 0.244 e. The van der Waals surface area contributed by atoms with Crippen LogP contribution in [0, 0.1) is 6.92 Å². The second kappa shape index (κ2) is 5.78. The molecule has 1 saturated heterocycles. The summed E-state index contributed by atoms with van der Waals surface area (Å²) in [6, 6.07) is 0. The number of ether oxygens (including phenoxy) is 2. The molecule has 0 aliphatic carbocycles. The van der Waals surface area contributed by atoms with E-state index < -0.39 is 22.2 Å². The van der Waals surface area contributed by atoms with Gasteiger partial charge in [0.1, 0.15) is 16.2 Å². The van der Waals surface area contributed by atoms with Gasteiger partial charge in [-0.25, -0.2) is 13.1 Å². The molecule has 0 radical (unpaired) electrons. The molecule has 114 valence electrons. The van der Waals surface area contributed by atoms with E-state index in [4.69, 9.17) is 14.6 Å². The maximum Gasteiger partial charge on any atom is 0.244 e. The van der Waals surface area contributed by atoms with E-state index in [0.29, 0.717) is 25.3 Å². The SMILES string of the molecule is COC1(CNS(=O)(=O)c2c(CO)n[nH]c2C)CCOC1. The quantitative estimate of drug-likeness (QED) is 0.640. The van der Waals surface area contributed by atoms with E-state index in [9.17, 15) is 8.42 Å². The Morgan fingerprint density at radius 2 is 2.35 bits per heavy atom. The van der Waals surface area contributed by atoms with Gasteiger partial charge < -0.3 is 14.6 Å². The van der Waals surface area contributed by atoms with Gasteiger partial charge in [-0.2, -0.15) is 5.10 Å². The summed E-state index contributed by atoms with van der Waals surface area (Å²) in [4.78, 5) is -0.00910. The number of nitrogens with one attached hydrogen (secondary N) is 2. The third-order valence-corrected chi connectivity index (χ3v) is 5.07. The standard InChI is InChI=1S/C11H19N3O5S/c1-8-10(9(5-15)14-13-8)20(16,17)12-6-11(18-2)3-4-19-7-11/h12,15H,3-7H2,1-2H3,(H,13,14). The number of hydrogen-bond donors (Lipinski definition) is 3. The molecular weight excluding hydrogens is 286 g/mol. The lowest BCUT2D eigenvalue weighted by atomic mass is 10.0. The van der Waals surface area contributed by atoms with Gasteiger partial charge in [-0.05, 0) is 6.92 Å². The average molecular weight is 305 g/mol. The Balaban J connectivity index is 2.17. The summed E-state index contributed by atoms with van der Waals surface area (Å²) < 4.78 is 37.8. The number of H-pyrrole nitrogens is 1. The van der Waals surface area contributed by atoms with Crippen LogP contribution in [0.15, 0.2) is 4.90 Å². The van der Waals surface area contributed by atoms with Crippen molar-refractivity contribution in [2.75, 3.05) is 26.9 Å². The van der Waals surface area contributed by atoms with Crippen molar-refractivity contribution < 1.29 is 23.0 Å².